The van der Waals surface area contributed by atoms with Gasteiger partial charge in [0.15, 0.2) is 0 Å². The first-order valence-corrected chi connectivity index (χ1v) is 7.34. The van der Waals surface area contributed by atoms with Gasteiger partial charge in [0.05, 0.1) is 0 Å². The highest BCUT2D eigenvalue weighted by Crippen LogP contribution is 2.24. The smallest absolute Gasteiger partial charge is 0.0336 e. The summed E-state index contributed by atoms with van der Waals surface area (Å²) in [5.74, 6) is 0. The van der Waals surface area contributed by atoms with E-state index in [0.29, 0.717) is 0 Å². The molecule has 2 aromatic rings. The topological polar surface area (TPSA) is 26.0 Å². The molecule has 1 unspecified atom stereocenters. The van der Waals surface area contributed by atoms with E-state index >= 15 is 0 Å². The lowest BCUT2D eigenvalue weighted by Gasteiger charge is -2.15. The van der Waals surface area contributed by atoms with Crippen molar-refractivity contribution in [1.82, 2.24) is 0 Å². The Morgan fingerprint density at radius 1 is 1.00 bits per heavy atom. The van der Waals surface area contributed by atoms with Gasteiger partial charge < -0.3 is 5.73 Å². The summed E-state index contributed by atoms with van der Waals surface area (Å²) in [6.07, 6.45) is 0.878. The van der Waals surface area contributed by atoms with Crippen LogP contribution in [-0.4, -0.2) is 0 Å². The van der Waals surface area contributed by atoms with E-state index in [1.54, 1.807) is 0 Å². The van der Waals surface area contributed by atoms with E-state index < -0.39 is 0 Å². The Labute approximate surface area is 124 Å². The summed E-state index contributed by atoms with van der Waals surface area (Å²) in [6.45, 7) is 6.35. The first kappa shape index (κ1) is 14.3. The van der Waals surface area contributed by atoms with Crippen LogP contribution in [0.25, 0.3) is 0 Å². The predicted octanol–water partition coefficient (Wildman–Crippen LogP) is 4.62. The number of hydrogen-bond donors (Lipinski definition) is 1. The van der Waals surface area contributed by atoms with Crippen LogP contribution in [0.2, 0.25) is 0 Å². The van der Waals surface area contributed by atoms with Gasteiger partial charge in [0.25, 0.3) is 0 Å². The lowest BCUT2D eigenvalue weighted by atomic mass is 9.95. The van der Waals surface area contributed by atoms with E-state index in [0.717, 1.165) is 10.9 Å². The van der Waals surface area contributed by atoms with Crippen LogP contribution in [0, 0.1) is 20.8 Å². The average molecular weight is 318 g/mol. The molecule has 2 N–H and O–H groups in total. The summed E-state index contributed by atoms with van der Waals surface area (Å²) in [7, 11) is 0. The molecule has 0 saturated carbocycles. The molecule has 2 rings (SSSR count). The fourth-order valence-corrected chi connectivity index (χ4v) is 2.61. The molecule has 0 bridgehead atoms. The van der Waals surface area contributed by atoms with E-state index in [-0.39, 0.29) is 6.04 Å². The molecular formula is C17H20BrN. The molecule has 0 heterocycles. The lowest BCUT2D eigenvalue weighted by Crippen LogP contribution is -2.14. The Balaban J connectivity index is 2.22. The van der Waals surface area contributed by atoms with Gasteiger partial charge in [-0.2, -0.15) is 0 Å². The van der Waals surface area contributed by atoms with Crippen molar-refractivity contribution in [1.29, 1.82) is 0 Å². The maximum absolute atomic E-state index is 6.34. The fourth-order valence-electron chi connectivity index (χ4n) is 2.21. The number of hydrogen-bond acceptors (Lipinski definition) is 1. The molecule has 19 heavy (non-hydrogen) atoms. The van der Waals surface area contributed by atoms with Gasteiger partial charge in [-0.05, 0) is 55.5 Å². The predicted molar refractivity (Wildman–Crippen MR) is 85.4 cm³/mol. The zero-order valence-corrected chi connectivity index (χ0v) is 13.3. The van der Waals surface area contributed by atoms with Crippen LogP contribution in [0.3, 0.4) is 0 Å². The van der Waals surface area contributed by atoms with Crippen LogP contribution < -0.4 is 5.73 Å². The Bertz CT molecular complexity index is 590. The molecule has 1 nitrogen and oxygen atoms in total. The van der Waals surface area contributed by atoms with Crippen molar-refractivity contribution in [2.45, 2.75) is 33.2 Å². The normalized spacial score (nSPS) is 12.5. The third kappa shape index (κ3) is 3.46. The van der Waals surface area contributed by atoms with Crippen LogP contribution >= 0.6 is 15.9 Å². The summed E-state index contributed by atoms with van der Waals surface area (Å²) in [4.78, 5) is 0. The Morgan fingerprint density at radius 2 is 1.68 bits per heavy atom. The van der Waals surface area contributed by atoms with E-state index in [2.05, 4.69) is 73.1 Å². The fraction of sp³-hybridized carbons (Fsp3) is 0.294. The molecule has 0 fully saturated rings. The molecule has 0 amide bonds. The standard InChI is InChI=1S/C17H20BrN/c1-11-4-5-12(2)15(8-11)10-17(19)14-7-6-13(3)16(18)9-14/h4-9,17H,10,19H2,1-3H3. The molecule has 1 atom stereocenters. The molecule has 0 saturated heterocycles. The molecule has 2 aromatic carbocycles. The van der Waals surface area contributed by atoms with Crippen LogP contribution in [0.15, 0.2) is 40.9 Å². The summed E-state index contributed by atoms with van der Waals surface area (Å²) < 4.78 is 1.13. The second-order valence-electron chi connectivity index (χ2n) is 5.25. The minimum atomic E-state index is 0.0393. The molecule has 0 radical (unpaired) electrons. The van der Waals surface area contributed by atoms with E-state index in [1.165, 1.54) is 27.8 Å². The van der Waals surface area contributed by atoms with Crippen molar-refractivity contribution in [2.24, 2.45) is 5.73 Å². The van der Waals surface area contributed by atoms with Gasteiger partial charge in [-0.15, -0.1) is 0 Å². The zero-order valence-electron chi connectivity index (χ0n) is 11.7. The van der Waals surface area contributed by atoms with Crippen molar-refractivity contribution < 1.29 is 0 Å². The highest BCUT2D eigenvalue weighted by Gasteiger charge is 2.10. The largest absolute Gasteiger partial charge is 0.324 e. The molecule has 0 aliphatic rings. The third-order valence-corrected chi connectivity index (χ3v) is 4.42. The minimum Gasteiger partial charge on any atom is -0.324 e. The SMILES string of the molecule is Cc1ccc(C)c(CC(N)c2ccc(C)c(Br)c2)c1. The molecule has 2 heteroatoms. The van der Waals surface area contributed by atoms with E-state index in [9.17, 15) is 0 Å². The molecular weight excluding hydrogens is 298 g/mol. The number of benzene rings is 2. The molecule has 0 spiro atoms. The van der Waals surface area contributed by atoms with Crippen LogP contribution in [0.4, 0.5) is 0 Å². The summed E-state index contributed by atoms with van der Waals surface area (Å²) >= 11 is 3.57. The van der Waals surface area contributed by atoms with Crippen LogP contribution in [0.5, 0.6) is 0 Å². The number of rotatable bonds is 3. The monoisotopic (exact) mass is 317 g/mol. The lowest BCUT2D eigenvalue weighted by molar-refractivity contribution is 0.717. The summed E-state index contributed by atoms with van der Waals surface area (Å²) in [5, 5.41) is 0. The molecule has 0 aliphatic carbocycles. The van der Waals surface area contributed by atoms with Gasteiger partial charge >= 0.3 is 0 Å². The van der Waals surface area contributed by atoms with Crippen molar-refractivity contribution in [2.75, 3.05) is 0 Å². The van der Waals surface area contributed by atoms with E-state index in [1.807, 2.05) is 0 Å². The van der Waals surface area contributed by atoms with Crippen molar-refractivity contribution >= 4 is 15.9 Å². The van der Waals surface area contributed by atoms with Crippen molar-refractivity contribution in [3.63, 3.8) is 0 Å². The number of aryl methyl sites for hydroxylation is 3. The van der Waals surface area contributed by atoms with E-state index in [4.69, 9.17) is 5.73 Å². The maximum Gasteiger partial charge on any atom is 0.0336 e. The van der Waals surface area contributed by atoms with Crippen LogP contribution in [0.1, 0.15) is 33.9 Å². The van der Waals surface area contributed by atoms with Gasteiger partial charge in [0, 0.05) is 10.5 Å². The highest BCUT2D eigenvalue weighted by molar-refractivity contribution is 9.10. The number of halogens is 1. The number of nitrogens with two attached hydrogens (primary N) is 1. The quantitative estimate of drug-likeness (QED) is 0.878. The molecule has 100 valence electrons. The second kappa shape index (κ2) is 5.89. The van der Waals surface area contributed by atoms with Crippen molar-refractivity contribution in [3.8, 4) is 0 Å². The summed E-state index contributed by atoms with van der Waals surface area (Å²) in [6, 6.07) is 13.0. The molecule has 0 aromatic heterocycles. The Kier molecular flexibility index (Phi) is 4.43. The average Bonchev–Trinajstić information content (AvgIpc) is 2.37. The first-order valence-electron chi connectivity index (χ1n) is 6.55. The molecule has 0 aliphatic heterocycles. The first-order chi connectivity index (χ1) is 8.97. The second-order valence-corrected chi connectivity index (χ2v) is 6.10. The zero-order chi connectivity index (χ0) is 14.0. The maximum atomic E-state index is 6.34. The summed E-state index contributed by atoms with van der Waals surface area (Å²) in [5.41, 5.74) is 12.7. The third-order valence-electron chi connectivity index (χ3n) is 3.57. The highest BCUT2D eigenvalue weighted by atomic mass is 79.9. The van der Waals surface area contributed by atoms with Gasteiger partial charge in [-0.25, -0.2) is 0 Å². The Morgan fingerprint density at radius 3 is 2.37 bits per heavy atom. The van der Waals surface area contributed by atoms with Gasteiger partial charge in [0.2, 0.25) is 0 Å². The van der Waals surface area contributed by atoms with Gasteiger partial charge in [-0.3, -0.25) is 0 Å². The minimum absolute atomic E-state index is 0.0393. The van der Waals surface area contributed by atoms with Crippen LogP contribution in [-0.2, 0) is 6.42 Å². The van der Waals surface area contributed by atoms with Gasteiger partial charge in [0.1, 0.15) is 0 Å². The van der Waals surface area contributed by atoms with Gasteiger partial charge in [-0.1, -0.05) is 51.8 Å². The Hall–Kier alpha value is -1.12. The van der Waals surface area contributed by atoms with Crippen molar-refractivity contribution in [3.05, 3.63) is 68.7 Å².